The largest absolute Gasteiger partial charge is 0.377 e. The van der Waals surface area contributed by atoms with Crippen molar-refractivity contribution < 1.29 is 9.53 Å². The molecule has 0 aliphatic carbocycles. The van der Waals surface area contributed by atoms with Gasteiger partial charge >= 0.3 is 0 Å². The van der Waals surface area contributed by atoms with E-state index in [0.717, 1.165) is 12.0 Å². The van der Waals surface area contributed by atoms with E-state index in [9.17, 15) is 4.79 Å². The summed E-state index contributed by atoms with van der Waals surface area (Å²) in [6.45, 7) is 1.73. The van der Waals surface area contributed by atoms with Crippen LogP contribution in [0.15, 0.2) is 48.8 Å². The SMILES string of the molecule is O=C(NCCCOCc1ccccc1)c1ccncc1Cl. The molecular formula is C16H17ClN2O2. The van der Waals surface area contributed by atoms with Crippen molar-refractivity contribution >= 4 is 17.5 Å². The summed E-state index contributed by atoms with van der Waals surface area (Å²) in [4.78, 5) is 15.7. The van der Waals surface area contributed by atoms with Crippen LogP contribution >= 0.6 is 11.6 Å². The first-order chi connectivity index (χ1) is 10.3. The third kappa shape index (κ3) is 5.17. The first-order valence-electron chi connectivity index (χ1n) is 6.77. The molecule has 1 N–H and O–H groups in total. The van der Waals surface area contributed by atoms with Crippen molar-refractivity contribution in [1.82, 2.24) is 10.3 Å². The number of carbonyl (C=O) groups excluding carboxylic acids is 1. The van der Waals surface area contributed by atoms with Crippen LogP contribution < -0.4 is 5.32 Å². The molecule has 21 heavy (non-hydrogen) atoms. The van der Waals surface area contributed by atoms with Gasteiger partial charge in [-0.3, -0.25) is 9.78 Å². The quantitative estimate of drug-likeness (QED) is 0.800. The van der Waals surface area contributed by atoms with Gasteiger partial charge < -0.3 is 10.1 Å². The zero-order chi connectivity index (χ0) is 14.9. The Hall–Kier alpha value is -1.91. The standard InChI is InChI=1S/C16H17ClN2O2/c17-15-11-18-9-7-14(15)16(20)19-8-4-10-21-12-13-5-2-1-3-6-13/h1-3,5-7,9,11H,4,8,10,12H2,(H,19,20). The van der Waals surface area contributed by atoms with Gasteiger partial charge in [-0.15, -0.1) is 0 Å². The predicted octanol–water partition coefficient (Wildman–Crippen LogP) is 3.07. The molecule has 1 aromatic heterocycles. The lowest BCUT2D eigenvalue weighted by Crippen LogP contribution is -2.25. The summed E-state index contributed by atoms with van der Waals surface area (Å²) < 4.78 is 5.54. The average Bonchev–Trinajstić information content (AvgIpc) is 2.52. The zero-order valence-electron chi connectivity index (χ0n) is 11.6. The van der Waals surface area contributed by atoms with E-state index in [1.165, 1.54) is 6.20 Å². The van der Waals surface area contributed by atoms with E-state index in [1.807, 2.05) is 30.3 Å². The van der Waals surface area contributed by atoms with Gasteiger partial charge in [0, 0.05) is 25.5 Å². The lowest BCUT2D eigenvalue weighted by molar-refractivity contribution is 0.0934. The molecule has 2 aromatic rings. The maximum absolute atomic E-state index is 11.9. The smallest absolute Gasteiger partial charge is 0.252 e. The molecule has 1 amide bonds. The molecule has 0 atom stereocenters. The summed E-state index contributed by atoms with van der Waals surface area (Å²) in [5.74, 6) is -0.189. The Bertz CT molecular complexity index is 575. The average molecular weight is 305 g/mol. The van der Waals surface area contributed by atoms with Gasteiger partial charge in [0.05, 0.1) is 17.2 Å². The summed E-state index contributed by atoms with van der Waals surface area (Å²) in [6.07, 6.45) is 3.75. The highest BCUT2D eigenvalue weighted by Gasteiger charge is 2.08. The van der Waals surface area contributed by atoms with Crippen molar-refractivity contribution in [3.63, 3.8) is 0 Å². The van der Waals surface area contributed by atoms with E-state index in [1.54, 1.807) is 12.3 Å². The van der Waals surface area contributed by atoms with Gasteiger partial charge in [-0.1, -0.05) is 41.9 Å². The number of ether oxygens (including phenoxy) is 1. The van der Waals surface area contributed by atoms with E-state index in [2.05, 4.69) is 10.3 Å². The molecule has 4 nitrogen and oxygen atoms in total. The molecule has 0 unspecified atom stereocenters. The van der Waals surface area contributed by atoms with E-state index >= 15 is 0 Å². The fourth-order valence-corrected chi connectivity index (χ4v) is 2.00. The van der Waals surface area contributed by atoms with Crippen LogP contribution in [-0.4, -0.2) is 24.0 Å². The predicted molar refractivity (Wildman–Crippen MR) is 82.3 cm³/mol. The van der Waals surface area contributed by atoms with Crippen molar-refractivity contribution in [1.29, 1.82) is 0 Å². The maximum Gasteiger partial charge on any atom is 0.252 e. The minimum absolute atomic E-state index is 0.189. The third-order valence-electron chi connectivity index (χ3n) is 2.88. The third-order valence-corrected chi connectivity index (χ3v) is 3.18. The van der Waals surface area contributed by atoms with Gasteiger partial charge in [-0.2, -0.15) is 0 Å². The fraction of sp³-hybridized carbons (Fsp3) is 0.250. The molecule has 110 valence electrons. The van der Waals surface area contributed by atoms with Crippen LogP contribution in [0.3, 0.4) is 0 Å². The Kier molecular flexibility index (Phi) is 6.19. The summed E-state index contributed by atoms with van der Waals surface area (Å²) >= 11 is 5.90. The Morgan fingerprint density at radius 3 is 2.81 bits per heavy atom. The van der Waals surface area contributed by atoms with Crippen LogP contribution in [-0.2, 0) is 11.3 Å². The van der Waals surface area contributed by atoms with E-state index in [-0.39, 0.29) is 5.91 Å². The summed E-state index contributed by atoms with van der Waals surface area (Å²) in [7, 11) is 0. The van der Waals surface area contributed by atoms with E-state index < -0.39 is 0 Å². The second kappa shape index (κ2) is 8.39. The van der Waals surface area contributed by atoms with Gasteiger partial charge in [-0.05, 0) is 18.1 Å². The van der Waals surface area contributed by atoms with E-state index in [4.69, 9.17) is 16.3 Å². The van der Waals surface area contributed by atoms with Crippen LogP contribution in [0.1, 0.15) is 22.3 Å². The van der Waals surface area contributed by atoms with Gasteiger partial charge in [0.2, 0.25) is 0 Å². The molecule has 0 saturated carbocycles. The summed E-state index contributed by atoms with van der Waals surface area (Å²) in [5.41, 5.74) is 1.59. The molecule has 0 bridgehead atoms. The van der Waals surface area contributed by atoms with Gasteiger partial charge in [0.1, 0.15) is 0 Å². The number of rotatable bonds is 7. The normalized spacial score (nSPS) is 10.3. The number of halogens is 1. The van der Waals surface area contributed by atoms with Crippen molar-refractivity contribution in [3.8, 4) is 0 Å². The molecule has 0 fully saturated rings. The number of amides is 1. The molecule has 2 rings (SSSR count). The number of aromatic nitrogens is 1. The summed E-state index contributed by atoms with van der Waals surface area (Å²) in [6, 6.07) is 11.6. The van der Waals surface area contributed by atoms with Crippen molar-refractivity contribution in [2.45, 2.75) is 13.0 Å². The van der Waals surface area contributed by atoms with Crippen molar-refractivity contribution in [3.05, 3.63) is 64.9 Å². The minimum Gasteiger partial charge on any atom is -0.377 e. The van der Waals surface area contributed by atoms with E-state index in [0.29, 0.717) is 30.3 Å². The van der Waals surface area contributed by atoms with Crippen molar-refractivity contribution in [2.75, 3.05) is 13.2 Å². The first kappa shape index (κ1) is 15.5. The van der Waals surface area contributed by atoms with Gasteiger partial charge in [0.15, 0.2) is 0 Å². The topological polar surface area (TPSA) is 51.2 Å². The number of nitrogens with zero attached hydrogens (tertiary/aromatic N) is 1. The molecular weight excluding hydrogens is 288 g/mol. The maximum atomic E-state index is 11.9. The first-order valence-corrected chi connectivity index (χ1v) is 7.14. The zero-order valence-corrected chi connectivity index (χ0v) is 12.3. The lowest BCUT2D eigenvalue weighted by atomic mass is 10.2. The molecule has 1 aromatic carbocycles. The van der Waals surface area contributed by atoms with Crippen molar-refractivity contribution in [2.24, 2.45) is 0 Å². The Morgan fingerprint density at radius 2 is 2.05 bits per heavy atom. The number of pyridine rings is 1. The number of hydrogen-bond donors (Lipinski definition) is 1. The number of hydrogen-bond acceptors (Lipinski definition) is 3. The van der Waals surface area contributed by atoms with Crippen LogP contribution in [0, 0.1) is 0 Å². The highest BCUT2D eigenvalue weighted by molar-refractivity contribution is 6.33. The second-order valence-corrected chi connectivity index (χ2v) is 4.91. The summed E-state index contributed by atoms with van der Waals surface area (Å²) in [5, 5.41) is 3.16. The minimum atomic E-state index is -0.189. The molecule has 0 aliphatic rings. The highest BCUT2D eigenvalue weighted by Crippen LogP contribution is 2.12. The van der Waals surface area contributed by atoms with Crippen LogP contribution in [0.25, 0.3) is 0 Å². The van der Waals surface area contributed by atoms with Crippen LogP contribution in [0.2, 0.25) is 5.02 Å². The second-order valence-electron chi connectivity index (χ2n) is 4.50. The van der Waals surface area contributed by atoms with Gasteiger partial charge in [0.25, 0.3) is 5.91 Å². The number of benzene rings is 1. The monoisotopic (exact) mass is 304 g/mol. The highest BCUT2D eigenvalue weighted by atomic mass is 35.5. The molecule has 0 radical (unpaired) electrons. The number of carbonyl (C=O) groups is 1. The number of nitrogens with one attached hydrogen (secondary N) is 1. The Morgan fingerprint density at radius 1 is 1.24 bits per heavy atom. The molecule has 0 aliphatic heterocycles. The molecule has 0 saturated heterocycles. The molecule has 0 spiro atoms. The van der Waals surface area contributed by atoms with Crippen LogP contribution in [0.4, 0.5) is 0 Å². The molecule has 1 heterocycles. The Balaban J connectivity index is 1.62. The molecule has 5 heteroatoms. The fourth-order valence-electron chi connectivity index (χ4n) is 1.79. The van der Waals surface area contributed by atoms with Gasteiger partial charge in [-0.25, -0.2) is 0 Å². The lowest BCUT2D eigenvalue weighted by Gasteiger charge is -2.07. The van der Waals surface area contributed by atoms with Crippen LogP contribution in [0.5, 0.6) is 0 Å². The Labute approximate surface area is 129 Å².